The average molecular weight is 222 g/mol. The first kappa shape index (κ1) is 12.2. The average Bonchev–Trinajstić information content (AvgIpc) is 2.18. The SMILES string of the molecule is CO/C=C(\CC(C)C)Sc1ccccc1. The van der Waals surface area contributed by atoms with Crippen molar-refractivity contribution in [1.29, 1.82) is 0 Å². The third kappa shape index (κ3) is 4.93. The summed E-state index contributed by atoms with van der Waals surface area (Å²) in [5.74, 6) is 0.655. The maximum atomic E-state index is 5.09. The van der Waals surface area contributed by atoms with E-state index in [-0.39, 0.29) is 0 Å². The molecular weight excluding hydrogens is 204 g/mol. The zero-order chi connectivity index (χ0) is 11.1. The molecule has 0 atom stereocenters. The summed E-state index contributed by atoms with van der Waals surface area (Å²) in [5.41, 5.74) is 0. The highest BCUT2D eigenvalue weighted by Gasteiger charge is 2.04. The Morgan fingerprint density at radius 2 is 2.00 bits per heavy atom. The van der Waals surface area contributed by atoms with Crippen LogP contribution < -0.4 is 0 Å². The molecule has 0 heterocycles. The second-order valence-electron chi connectivity index (χ2n) is 3.83. The fraction of sp³-hybridized carbons (Fsp3) is 0.385. The molecule has 0 fully saturated rings. The van der Waals surface area contributed by atoms with Crippen LogP contribution in [0.1, 0.15) is 20.3 Å². The van der Waals surface area contributed by atoms with Gasteiger partial charge in [0.05, 0.1) is 13.4 Å². The van der Waals surface area contributed by atoms with Gasteiger partial charge in [0, 0.05) is 9.80 Å². The Balaban J connectivity index is 2.63. The molecule has 0 radical (unpaired) electrons. The second kappa shape index (κ2) is 6.57. The number of allylic oxidation sites excluding steroid dienone is 1. The Morgan fingerprint density at radius 3 is 2.53 bits per heavy atom. The molecule has 1 nitrogen and oxygen atoms in total. The number of hydrogen-bond acceptors (Lipinski definition) is 2. The van der Waals surface area contributed by atoms with Gasteiger partial charge in [-0.1, -0.05) is 43.8 Å². The van der Waals surface area contributed by atoms with Gasteiger partial charge in [-0.05, 0) is 24.5 Å². The minimum atomic E-state index is 0.655. The van der Waals surface area contributed by atoms with E-state index in [9.17, 15) is 0 Å². The third-order valence-electron chi connectivity index (χ3n) is 1.85. The molecule has 0 bridgehead atoms. The van der Waals surface area contributed by atoms with Gasteiger partial charge in [0.15, 0.2) is 0 Å². The number of rotatable bonds is 5. The summed E-state index contributed by atoms with van der Waals surface area (Å²) in [6.45, 7) is 4.43. The zero-order valence-electron chi connectivity index (χ0n) is 9.57. The van der Waals surface area contributed by atoms with Crippen molar-refractivity contribution in [2.45, 2.75) is 25.2 Å². The van der Waals surface area contributed by atoms with Crippen LogP contribution in [0.2, 0.25) is 0 Å². The van der Waals surface area contributed by atoms with E-state index in [1.54, 1.807) is 18.9 Å². The molecule has 0 aliphatic heterocycles. The summed E-state index contributed by atoms with van der Waals surface area (Å²) < 4.78 is 5.09. The molecule has 15 heavy (non-hydrogen) atoms. The minimum Gasteiger partial charge on any atom is -0.504 e. The molecule has 0 aliphatic carbocycles. The molecule has 0 N–H and O–H groups in total. The van der Waals surface area contributed by atoms with Crippen LogP contribution in [0.25, 0.3) is 0 Å². The molecular formula is C13H18OS. The van der Waals surface area contributed by atoms with E-state index >= 15 is 0 Å². The molecule has 1 rings (SSSR count). The van der Waals surface area contributed by atoms with Crippen LogP contribution >= 0.6 is 11.8 Å². The molecule has 0 spiro atoms. The molecule has 0 aromatic heterocycles. The standard InChI is InChI=1S/C13H18OS/c1-11(2)9-13(10-14-3)15-12-7-5-4-6-8-12/h4-8,10-11H,9H2,1-3H3/b13-10+. The Kier molecular flexibility index (Phi) is 5.33. The molecule has 82 valence electrons. The Labute approximate surface area is 96.5 Å². The number of ether oxygens (including phenoxy) is 1. The lowest BCUT2D eigenvalue weighted by atomic mass is 10.1. The molecule has 0 aliphatic rings. The molecule has 1 aromatic rings. The van der Waals surface area contributed by atoms with E-state index < -0.39 is 0 Å². The fourth-order valence-electron chi connectivity index (χ4n) is 1.29. The molecule has 0 unspecified atom stereocenters. The van der Waals surface area contributed by atoms with E-state index in [2.05, 4.69) is 38.1 Å². The summed E-state index contributed by atoms with van der Waals surface area (Å²) in [6.07, 6.45) is 2.91. The van der Waals surface area contributed by atoms with Crippen LogP contribution in [0, 0.1) is 5.92 Å². The first-order valence-corrected chi connectivity index (χ1v) is 5.98. The van der Waals surface area contributed by atoms with E-state index in [1.165, 1.54) is 9.80 Å². The van der Waals surface area contributed by atoms with E-state index in [0.29, 0.717) is 5.92 Å². The number of benzene rings is 1. The van der Waals surface area contributed by atoms with Crippen LogP contribution in [-0.4, -0.2) is 7.11 Å². The minimum absolute atomic E-state index is 0.655. The monoisotopic (exact) mass is 222 g/mol. The van der Waals surface area contributed by atoms with E-state index in [1.807, 2.05) is 12.3 Å². The lowest BCUT2D eigenvalue weighted by Crippen LogP contribution is -1.89. The van der Waals surface area contributed by atoms with Crippen molar-refractivity contribution >= 4 is 11.8 Å². The van der Waals surface area contributed by atoms with Crippen molar-refractivity contribution in [2.24, 2.45) is 5.92 Å². The van der Waals surface area contributed by atoms with Gasteiger partial charge in [-0.15, -0.1) is 0 Å². The van der Waals surface area contributed by atoms with Gasteiger partial charge in [0.2, 0.25) is 0 Å². The molecule has 0 saturated carbocycles. The predicted molar refractivity (Wildman–Crippen MR) is 66.8 cm³/mol. The fourth-order valence-corrected chi connectivity index (χ4v) is 2.44. The maximum absolute atomic E-state index is 5.09. The predicted octanol–water partition coefficient (Wildman–Crippen LogP) is 4.31. The van der Waals surface area contributed by atoms with Gasteiger partial charge in [-0.3, -0.25) is 0 Å². The van der Waals surface area contributed by atoms with Crippen LogP contribution in [0.3, 0.4) is 0 Å². The van der Waals surface area contributed by atoms with E-state index in [0.717, 1.165) is 6.42 Å². The smallest absolute Gasteiger partial charge is 0.0923 e. The van der Waals surface area contributed by atoms with Gasteiger partial charge < -0.3 is 4.74 Å². The van der Waals surface area contributed by atoms with Gasteiger partial charge in [-0.25, -0.2) is 0 Å². The Morgan fingerprint density at radius 1 is 1.33 bits per heavy atom. The summed E-state index contributed by atoms with van der Waals surface area (Å²) in [6, 6.07) is 10.4. The highest BCUT2D eigenvalue weighted by Crippen LogP contribution is 2.30. The van der Waals surface area contributed by atoms with Crippen molar-refractivity contribution in [3.05, 3.63) is 41.5 Å². The maximum Gasteiger partial charge on any atom is 0.0923 e. The van der Waals surface area contributed by atoms with Gasteiger partial charge in [0.25, 0.3) is 0 Å². The molecule has 0 saturated heterocycles. The highest BCUT2D eigenvalue weighted by atomic mass is 32.2. The van der Waals surface area contributed by atoms with Crippen molar-refractivity contribution in [2.75, 3.05) is 7.11 Å². The van der Waals surface area contributed by atoms with Crippen LogP contribution in [0.4, 0.5) is 0 Å². The van der Waals surface area contributed by atoms with Crippen LogP contribution in [-0.2, 0) is 4.74 Å². The first-order chi connectivity index (χ1) is 7.22. The molecule has 0 amide bonds. The lowest BCUT2D eigenvalue weighted by molar-refractivity contribution is 0.334. The van der Waals surface area contributed by atoms with Crippen molar-refractivity contribution in [1.82, 2.24) is 0 Å². The van der Waals surface area contributed by atoms with Crippen LogP contribution in [0.5, 0.6) is 0 Å². The zero-order valence-corrected chi connectivity index (χ0v) is 10.4. The largest absolute Gasteiger partial charge is 0.504 e. The van der Waals surface area contributed by atoms with Crippen molar-refractivity contribution < 1.29 is 4.74 Å². The molecule has 2 heteroatoms. The van der Waals surface area contributed by atoms with Crippen molar-refractivity contribution in [3.63, 3.8) is 0 Å². The topological polar surface area (TPSA) is 9.23 Å². The number of methoxy groups -OCH3 is 1. The van der Waals surface area contributed by atoms with E-state index in [4.69, 9.17) is 4.74 Å². The normalized spacial score (nSPS) is 11.9. The number of thioether (sulfide) groups is 1. The van der Waals surface area contributed by atoms with Crippen molar-refractivity contribution in [3.8, 4) is 0 Å². The molecule has 1 aromatic carbocycles. The number of hydrogen-bond donors (Lipinski definition) is 0. The summed E-state index contributed by atoms with van der Waals surface area (Å²) in [4.78, 5) is 2.54. The summed E-state index contributed by atoms with van der Waals surface area (Å²) in [5, 5.41) is 0. The van der Waals surface area contributed by atoms with Crippen LogP contribution in [0.15, 0.2) is 46.4 Å². The third-order valence-corrected chi connectivity index (χ3v) is 2.88. The van der Waals surface area contributed by atoms with Gasteiger partial charge in [-0.2, -0.15) is 0 Å². The summed E-state index contributed by atoms with van der Waals surface area (Å²) >= 11 is 1.78. The Bertz CT molecular complexity index is 304. The Hall–Kier alpha value is -0.890. The summed E-state index contributed by atoms with van der Waals surface area (Å²) in [7, 11) is 1.70. The highest BCUT2D eigenvalue weighted by molar-refractivity contribution is 8.03. The van der Waals surface area contributed by atoms with Gasteiger partial charge >= 0.3 is 0 Å². The quantitative estimate of drug-likeness (QED) is 0.542. The second-order valence-corrected chi connectivity index (χ2v) is 5.03. The van der Waals surface area contributed by atoms with Gasteiger partial charge in [0.1, 0.15) is 0 Å². The lowest BCUT2D eigenvalue weighted by Gasteiger charge is -2.09. The first-order valence-electron chi connectivity index (χ1n) is 5.17.